The Hall–Kier alpha value is -2.14. The molecule has 1 amide bonds. The van der Waals surface area contributed by atoms with E-state index >= 15 is 0 Å². The quantitative estimate of drug-likeness (QED) is 0.946. The number of rotatable bonds is 3. The lowest BCUT2D eigenvalue weighted by Crippen LogP contribution is -2.48. The standard InChI is InChI=1S/C18H24N4O/c1-12(2)22-11-17(13(3)20-22)18(23)21-10-15-7-5-4-6-14(15)8-16(21)9-19/h4-7,11-12,16H,8-10,19H2,1-3H3. The summed E-state index contributed by atoms with van der Waals surface area (Å²) < 4.78 is 1.85. The lowest BCUT2D eigenvalue weighted by atomic mass is 9.93. The van der Waals surface area contributed by atoms with Crippen LogP contribution in [0.1, 0.15) is 47.1 Å². The Balaban J connectivity index is 1.92. The summed E-state index contributed by atoms with van der Waals surface area (Å²) in [7, 11) is 0. The lowest BCUT2D eigenvalue weighted by Gasteiger charge is -2.36. The summed E-state index contributed by atoms with van der Waals surface area (Å²) in [5.41, 5.74) is 9.90. The predicted octanol–water partition coefficient (Wildman–Crippen LogP) is 2.30. The van der Waals surface area contributed by atoms with Crippen LogP contribution in [0.5, 0.6) is 0 Å². The molecule has 0 spiro atoms. The summed E-state index contributed by atoms with van der Waals surface area (Å²) in [6.07, 6.45) is 2.67. The van der Waals surface area contributed by atoms with Gasteiger partial charge in [-0.15, -0.1) is 0 Å². The summed E-state index contributed by atoms with van der Waals surface area (Å²) in [5.74, 6) is 0.0272. The molecule has 0 saturated carbocycles. The monoisotopic (exact) mass is 312 g/mol. The fourth-order valence-corrected chi connectivity index (χ4v) is 3.15. The zero-order valence-electron chi connectivity index (χ0n) is 14.0. The number of fused-ring (bicyclic) bond motifs is 1. The fraction of sp³-hybridized carbons (Fsp3) is 0.444. The number of nitrogens with zero attached hydrogens (tertiary/aromatic N) is 3. The van der Waals surface area contributed by atoms with Crippen molar-refractivity contribution in [1.29, 1.82) is 0 Å². The van der Waals surface area contributed by atoms with Gasteiger partial charge in [0.15, 0.2) is 0 Å². The normalized spacial score (nSPS) is 17.4. The first-order valence-electron chi connectivity index (χ1n) is 8.14. The second-order valence-corrected chi connectivity index (χ2v) is 6.50. The SMILES string of the molecule is Cc1nn(C(C)C)cc1C(=O)N1Cc2ccccc2CC1CN. The molecule has 0 fully saturated rings. The first-order valence-corrected chi connectivity index (χ1v) is 8.14. The maximum Gasteiger partial charge on any atom is 0.257 e. The zero-order valence-corrected chi connectivity index (χ0v) is 14.0. The number of carbonyl (C=O) groups is 1. The van der Waals surface area contributed by atoms with Crippen molar-refractivity contribution in [2.24, 2.45) is 5.73 Å². The van der Waals surface area contributed by atoms with Crippen LogP contribution in [0.4, 0.5) is 0 Å². The maximum atomic E-state index is 13.1. The third-order valence-electron chi connectivity index (χ3n) is 4.56. The second-order valence-electron chi connectivity index (χ2n) is 6.50. The average Bonchev–Trinajstić information content (AvgIpc) is 2.95. The smallest absolute Gasteiger partial charge is 0.257 e. The van der Waals surface area contributed by atoms with Crippen LogP contribution in [-0.4, -0.2) is 33.2 Å². The molecular formula is C18H24N4O. The van der Waals surface area contributed by atoms with Crippen molar-refractivity contribution in [2.45, 2.75) is 45.8 Å². The molecule has 3 rings (SSSR count). The molecule has 2 N–H and O–H groups in total. The van der Waals surface area contributed by atoms with Gasteiger partial charge < -0.3 is 10.6 Å². The molecule has 0 aliphatic carbocycles. The Kier molecular flexibility index (Phi) is 4.22. The molecule has 2 heterocycles. The van der Waals surface area contributed by atoms with Gasteiger partial charge in [-0.1, -0.05) is 24.3 Å². The van der Waals surface area contributed by atoms with Gasteiger partial charge in [0.1, 0.15) is 0 Å². The van der Waals surface area contributed by atoms with E-state index in [0.29, 0.717) is 18.7 Å². The molecule has 1 aromatic heterocycles. The van der Waals surface area contributed by atoms with Crippen molar-refractivity contribution >= 4 is 5.91 Å². The van der Waals surface area contributed by atoms with Crippen LogP contribution < -0.4 is 5.73 Å². The van der Waals surface area contributed by atoms with E-state index in [-0.39, 0.29) is 18.0 Å². The summed E-state index contributed by atoms with van der Waals surface area (Å²) >= 11 is 0. The first kappa shape index (κ1) is 15.7. The molecular weight excluding hydrogens is 288 g/mol. The van der Waals surface area contributed by atoms with Gasteiger partial charge in [0.2, 0.25) is 0 Å². The van der Waals surface area contributed by atoms with Gasteiger partial charge in [-0.3, -0.25) is 9.48 Å². The van der Waals surface area contributed by atoms with Gasteiger partial charge in [-0.05, 0) is 38.3 Å². The highest BCUT2D eigenvalue weighted by atomic mass is 16.2. The Morgan fingerprint density at radius 3 is 2.65 bits per heavy atom. The van der Waals surface area contributed by atoms with Crippen LogP contribution in [0.2, 0.25) is 0 Å². The highest BCUT2D eigenvalue weighted by Crippen LogP contribution is 2.25. The third-order valence-corrected chi connectivity index (χ3v) is 4.56. The highest BCUT2D eigenvalue weighted by molar-refractivity contribution is 5.95. The van der Waals surface area contributed by atoms with Crippen LogP contribution in [0.25, 0.3) is 0 Å². The molecule has 0 saturated heterocycles. The molecule has 1 atom stereocenters. The Bertz CT molecular complexity index is 720. The molecule has 0 radical (unpaired) electrons. The Morgan fingerprint density at radius 1 is 1.35 bits per heavy atom. The van der Waals surface area contributed by atoms with Crippen LogP contribution in [0, 0.1) is 6.92 Å². The molecule has 0 bridgehead atoms. The number of hydrogen-bond acceptors (Lipinski definition) is 3. The summed E-state index contributed by atoms with van der Waals surface area (Å²) in [6.45, 7) is 7.09. The van der Waals surface area contributed by atoms with Crippen LogP contribution in [-0.2, 0) is 13.0 Å². The molecule has 1 unspecified atom stereocenters. The highest BCUT2D eigenvalue weighted by Gasteiger charge is 2.31. The topological polar surface area (TPSA) is 64.2 Å². The van der Waals surface area contributed by atoms with Crippen molar-refractivity contribution < 1.29 is 4.79 Å². The number of amides is 1. The van der Waals surface area contributed by atoms with E-state index in [1.54, 1.807) is 0 Å². The molecule has 122 valence electrons. The van der Waals surface area contributed by atoms with Crippen molar-refractivity contribution in [2.75, 3.05) is 6.54 Å². The van der Waals surface area contributed by atoms with E-state index < -0.39 is 0 Å². The second kappa shape index (κ2) is 6.16. The van der Waals surface area contributed by atoms with Crippen molar-refractivity contribution in [3.8, 4) is 0 Å². The number of aryl methyl sites for hydroxylation is 1. The van der Waals surface area contributed by atoms with Gasteiger partial charge in [0.05, 0.1) is 11.3 Å². The van der Waals surface area contributed by atoms with E-state index in [9.17, 15) is 4.79 Å². The third kappa shape index (κ3) is 2.88. The van der Waals surface area contributed by atoms with Crippen LogP contribution in [0.15, 0.2) is 30.5 Å². The molecule has 1 aliphatic rings. The van der Waals surface area contributed by atoms with E-state index in [0.717, 1.165) is 12.1 Å². The summed E-state index contributed by atoms with van der Waals surface area (Å²) in [5, 5.41) is 4.46. The molecule has 1 aliphatic heterocycles. The molecule has 23 heavy (non-hydrogen) atoms. The van der Waals surface area contributed by atoms with Gasteiger partial charge in [-0.2, -0.15) is 5.10 Å². The minimum absolute atomic E-state index is 0.0272. The predicted molar refractivity (Wildman–Crippen MR) is 90.2 cm³/mol. The van der Waals surface area contributed by atoms with Crippen molar-refractivity contribution in [3.63, 3.8) is 0 Å². The number of carbonyl (C=O) groups excluding carboxylic acids is 1. The number of hydrogen-bond donors (Lipinski definition) is 1. The van der Waals surface area contributed by atoms with Crippen LogP contribution >= 0.6 is 0 Å². The minimum Gasteiger partial charge on any atom is -0.330 e. The van der Waals surface area contributed by atoms with E-state index in [1.807, 2.05) is 34.8 Å². The van der Waals surface area contributed by atoms with Gasteiger partial charge in [0.25, 0.3) is 5.91 Å². The summed E-state index contributed by atoms with van der Waals surface area (Å²) in [6, 6.07) is 8.56. The Labute approximate surface area is 137 Å². The van der Waals surface area contributed by atoms with E-state index in [2.05, 4.69) is 31.1 Å². The van der Waals surface area contributed by atoms with E-state index in [1.165, 1.54) is 11.1 Å². The lowest BCUT2D eigenvalue weighted by molar-refractivity contribution is 0.0647. The molecule has 5 heteroatoms. The molecule has 1 aromatic carbocycles. The molecule has 2 aromatic rings. The molecule has 5 nitrogen and oxygen atoms in total. The van der Waals surface area contributed by atoms with E-state index in [4.69, 9.17) is 5.73 Å². The van der Waals surface area contributed by atoms with Crippen LogP contribution in [0.3, 0.4) is 0 Å². The number of benzene rings is 1. The number of aromatic nitrogens is 2. The first-order chi connectivity index (χ1) is 11.0. The van der Waals surface area contributed by atoms with Crippen molar-refractivity contribution in [1.82, 2.24) is 14.7 Å². The Morgan fingerprint density at radius 2 is 2.04 bits per heavy atom. The minimum atomic E-state index is 0.0272. The number of nitrogens with two attached hydrogens (primary N) is 1. The van der Waals surface area contributed by atoms with Gasteiger partial charge >= 0.3 is 0 Å². The van der Waals surface area contributed by atoms with Gasteiger partial charge in [-0.25, -0.2) is 0 Å². The maximum absolute atomic E-state index is 13.1. The largest absolute Gasteiger partial charge is 0.330 e. The average molecular weight is 312 g/mol. The fourth-order valence-electron chi connectivity index (χ4n) is 3.15. The zero-order chi connectivity index (χ0) is 16.6. The van der Waals surface area contributed by atoms with Crippen molar-refractivity contribution in [3.05, 3.63) is 52.8 Å². The summed E-state index contributed by atoms with van der Waals surface area (Å²) in [4.78, 5) is 15.0. The van der Waals surface area contributed by atoms with Gasteiger partial charge in [0, 0.05) is 31.4 Å².